The fraction of sp³-hybridized carbons (Fsp3) is 0.316. The number of nitrogens with zero attached hydrogens (tertiary/aromatic N) is 3. The van der Waals surface area contributed by atoms with Crippen LogP contribution >= 0.6 is 11.3 Å². The molecular weight excluding hydrogens is 348 g/mol. The number of carbonyl (C=O) groups excluding carboxylic acids is 1. The van der Waals surface area contributed by atoms with E-state index in [0.29, 0.717) is 17.4 Å². The maximum atomic E-state index is 12.6. The zero-order valence-corrected chi connectivity index (χ0v) is 15.8. The molecule has 1 aliphatic rings. The van der Waals surface area contributed by atoms with E-state index in [1.54, 1.807) is 0 Å². The Morgan fingerprint density at radius 1 is 1.27 bits per heavy atom. The van der Waals surface area contributed by atoms with Gasteiger partial charge < -0.3 is 14.6 Å². The number of hydrogen-bond donors (Lipinski definition) is 1. The van der Waals surface area contributed by atoms with Crippen LogP contribution in [0.5, 0.6) is 0 Å². The minimum absolute atomic E-state index is 0.134. The number of benzene rings is 1. The zero-order valence-electron chi connectivity index (χ0n) is 14.9. The number of hydrogen-bond acceptors (Lipinski definition) is 6. The summed E-state index contributed by atoms with van der Waals surface area (Å²) in [7, 11) is 3.90. The van der Waals surface area contributed by atoms with Crippen molar-refractivity contribution in [3.8, 4) is 10.8 Å². The van der Waals surface area contributed by atoms with Gasteiger partial charge in [0.25, 0.3) is 11.8 Å². The molecule has 2 aromatic heterocycles. The quantitative estimate of drug-likeness (QED) is 0.727. The Kier molecular flexibility index (Phi) is 4.24. The number of carbonyl (C=O) groups is 1. The maximum absolute atomic E-state index is 12.6. The summed E-state index contributed by atoms with van der Waals surface area (Å²) >= 11 is 1.54. The molecule has 3 aromatic rings. The lowest BCUT2D eigenvalue weighted by molar-refractivity contribution is 0.102. The number of anilines is 2. The lowest BCUT2D eigenvalue weighted by Gasteiger charge is -2.13. The van der Waals surface area contributed by atoms with Gasteiger partial charge in [0.15, 0.2) is 0 Å². The van der Waals surface area contributed by atoms with Crippen LogP contribution in [-0.4, -0.2) is 30.2 Å². The number of aromatic nitrogens is 2. The van der Waals surface area contributed by atoms with Crippen molar-refractivity contribution in [1.82, 2.24) is 10.2 Å². The van der Waals surface area contributed by atoms with Crippen LogP contribution in [0.3, 0.4) is 0 Å². The van der Waals surface area contributed by atoms with E-state index < -0.39 is 0 Å². The van der Waals surface area contributed by atoms with Crippen molar-refractivity contribution in [2.24, 2.45) is 0 Å². The van der Waals surface area contributed by atoms with Gasteiger partial charge in [0.05, 0.1) is 10.6 Å². The smallest absolute Gasteiger partial charge is 0.257 e. The lowest BCUT2D eigenvalue weighted by atomic mass is 10.1. The topological polar surface area (TPSA) is 71.3 Å². The first kappa shape index (κ1) is 16.8. The van der Waals surface area contributed by atoms with Crippen LogP contribution in [0.25, 0.3) is 10.8 Å². The summed E-state index contributed by atoms with van der Waals surface area (Å²) in [6.45, 7) is 1.97. The van der Waals surface area contributed by atoms with E-state index in [0.717, 1.165) is 39.9 Å². The first-order valence-electron chi connectivity index (χ1n) is 8.54. The van der Waals surface area contributed by atoms with Gasteiger partial charge in [-0.05, 0) is 44.0 Å². The van der Waals surface area contributed by atoms with Crippen molar-refractivity contribution < 1.29 is 9.21 Å². The molecule has 1 aromatic carbocycles. The highest BCUT2D eigenvalue weighted by Gasteiger charge is 2.29. The summed E-state index contributed by atoms with van der Waals surface area (Å²) in [5.74, 6) is 1.54. The summed E-state index contributed by atoms with van der Waals surface area (Å²) < 4.78 is 5.76. The molecule has 26 heavy (non-hydrogen) atoms. The molecule has 134 valence electrons. The molecule has 0 atom stereocenters. The summed E-state index contributed by atoms with van der Waals surface area (Å²) in [6, 6.07) is 9.44. The van der Waals surface area contributed by atoms with Crippen molar-refractivity contribution in [3.05, 3.63) is 46.7 Å². The Hall–Kier alpha value is -2.67. The number of nitrogens with one attached hydrogen (secondary N) is 1. The highest BCUT2D eigenvalue weighted by atomic mass is 32.1. The van der Waals surface area contributed by atoms with Crippen LogP contribution in [0.4, 0.5) is 11.4 Å². The van der Waals surface area contributed by atoms with Gasteiger partial charge in [-0.1, -0.05) is 6.07 Å². The third-order valence-corrected chi connectivity index (χ3v) is 5.41. The minimum atomic E-state index is -0.134. The SMILES string of the molecule is Cc1sc(-c2nnc(C3CC3)o2)cc1NC(=O)c1cccc(N(C)C)c1. The van der Waals surface area contributed by atoms with Crippen molar-refractivity contribution in [1.29, 1.82) is 0 Å². The van der Waals surface area contributed by atoms with Crippen LogP contribution in [-0.2, 0) is 0 Å². The highest BCUT2D eigenvalue weighted by molar-refractivity contribution is 7.15. The molecule has 0 unspecified atom stereocenters. The van der Waals surface area contributed by atoms with Crippen LogP contribution in [0.2, 0.25) is 0 Å². The van der Waals surface area contributed by atoms with Crippen molar-refractivity contribution in [2.75, 3.05) is 24.3 Å². The first-order chi connectivity index (χ1) is 12.5. The van der Waals surface area contributed by atoms with Gasteiger partial charge in [0.2, 0.25) is 5.89 Å². The molecule has 1 fully saturated rings. The molecule has 0 saturated heterocycles. The maximum Gasteiger partial charge on any atom is 0.257 e. The molecule has 2 heterocycles. The molecular formula is C19H20N4O2S. The summed E-state index contributed by atoms with van der Waals surface area (Å²) in [4.78, 5) is 16.5. The van der Waals surface area contributed by atoms with E-state index in [1.807, 2.05) is 56.3 Å². The van der Waals surface area contributed by atoms with E-state index in [2.05, 4.69) is 15.5 Å². The Morgan fingerprint density at radius 2 is 2.08 bits per heavy atom. The highest BCUT2D eigenvalue weighted by Crippen LogP contribution is 2.41. The molecule has 1 N–H and O–H groups in total. The molecule has 1 saturated carbocycles. The van der Waals surface area contributed by atoms with Gasteiger partial charge in [0.1, 0.15) is 0 Å². The standard InChI is InChI=1S/C19H20N4O2S/c1-11-15(20-17(24)13-5-4-6-14(9-13)23(2)3)10-16(26-11)19-22-21-18(25-19)12-7-8-12/h4-6,9-10,12H,7-8H2,1-3H3,(H,20,24). The third kappa shape index (κ3) is 3.35. The molecule has 0 aliphatic heterocycles. The van der Waals surface area contributed by atoms with Crippen molar-refractivity contribution >= 4 is 28.6 Å². The van der Waals surface area contributed by atoms with Crippen LogP contribution < -0.4 is 10.2 Å². The second kappa shape index (κ2) is 6.57. The van der Waals surface area contributed by atoms with Crippen LogP contribution in [0.15, 0.2) is 34.7 Å². The van der Waals surface area contributed by atoms with E-state index in [9.17, 15) is 4.79 Å². The van der Waals surface area contributed by atoms with Gasteiger partial charge >= 0.3 is 0 Å². The normalized spacial score (nSPS) is 13.7. The number of amides is 1. The molecule has 0 bridgehead atoms. The third-order valence-electron chi connectivity index (χ3n) is 4.37. The second-order valence-electron chi connectivity index (χ2n) is 6.70. The number of rotatable bonds is 5. The van der Waals surface area contributed by atoms with Crippen molar-refractivity contribution in [3.63, 3.8) is 0 Å². The summed E-state index contributed by atoms with van der Waals surface area (Å²) in [5.41, 5.74) is 2.38. The number of thiophene rings is 1. The van der Waals surface area contributed by atoms with Crippen molar-refractivity contribution in [2.45, 2.75) is 25.7 Å². The van der Waals surface area contributed by atoms with Gasteiger partial charge in [-0.15, -0.1) is 21.5 Å². The lowest BCUT2D eigenvalue weighted by Crippen LogP contribution is -2.14. The van der Waals surface area contributed by atoms with E-state index in [4.69, 9.17) is 4.42 Å². The first-order valence-corrected chi connectivity index (χ1v) is 9.36. The predicted molar refractivity (Wildman–Crippen MR) is 103 cm³/mol. The van der Waals surface area contributed by atoms with Crippen LogP contribution in [0.1, 0.15) is 39.9 Å². The molecule has 1 aliphatic carbocycles. The molecule has 6 nitrogen and oxygen atoms in total. The van der Waals surface area contributed by atoms with Gasteiger partial charge in [-0.25, -0.2) is 0 Å². The van der Waals surface area contributed by atoms with Gasteiger partial charge in [0, 0.05) is 36.1 Å². The Balaban J connectivity index is 1.53. The average Bonchev–Trinajstić information content (AvgIpc) is 3.25. The van der Waals surface area contributed by atoms with E-state index in [-0.39, 0.29) is 5.91 Å². The second-order valence-corrected chi connectivity index (χ2v) is 7.96. The molecule has 4 rings (SSSR count). The molecule has 1 amide bonds. The Labute approximate surface area is 155 Å². The molecule has 7 heteroatoms. The van der Waals surface area contributed by atoms with Gasteiger partial charge in [-0.2, -0.15) is 0 Å². The summed E-state index contributed by atoms with van der Waals surface area (Å²) in [6.07, 6.45) is 2.25. The van der Waals surface area contributed by atoms with Gasteiger partial charge in [-0.3, -0.25) is 4.79 Å². The zero-order chi connectivity index (χ0) is 18.3. The molecule has 0 radical (unpaired) electrons. The van der Waals surface area contributed by atoms with E-state index in [1.165, 1.54) is 11.3 Å². The largest absolute Gasteiger partial charge is 0.420 e. The fourth-order valence-corrected chi connectivity index (χ4v) is 3.56. The monoisotopic (exact) mass is 368 g/mol. The van der Waals surface area contributed by atoms with Crippen LogP contribution in [0, 0.1) is 6.92 Å². The minimum Gasteiger partial charge on any atom is -0.420 e. The van der Waals surface area contributed by atoms with E-state index >= 15 is 0 Å². The molecule has 0 spiro atoms. The number of aryl methyl sites for hydroxylation is 1. The predicted octanol–water partition coefficient (Wildman–Crippen LogP) is 4.30. The fourth-order valence-electron chi connectivity index (χ4n) is 2.66. The summed E-state index contributed by atoms with van der Waals surface area (Å²) in [5, 5.41) is 11.3. The Bertz CT molecular complexity index is 956. The Morgan fingerprint density at radius 3 is 2.81 bits per heavy atom. The average molecular weight is 368 g/mol.